The summed E-state index contributed by atoms with van der Waals surface area (Å²) in [6, 6.07) is 15.0. The van der Waals surface area contributed by atoms with Gasteiger partial charge in [0.25, 0.3) is 0 Å². The Bertz CT molecular complexity index is 1030. The van der Waals surface area contributed by atoms with Crippen molar-refractivity contribution in [2.75, 3.05) is 30.1 Å². The standard InChI is InChI=1S/C22H25N5O2S/c1-5-27-21(17-8-12-19(13-9-17)26(3)4)24-25-22(27)30-14-20(29)23-18-10-6-16(7-11-18)15(2)28/h6-13H,5,14H2,1-4H3,(H,23,29). The summed E-state index contributed by atoms with van der Waals surface area (Å²) in [6.45, 7) is 4.24. The molecule has 156 valence electrons. The lowest BCUT2D eigenvalue weighted by atomic mass is 10.1. The van der Waals surface area contributed by atoms with Gasteiger partial charge in [-0.25, -0.2) is 0 Å². The average molecular weight is 424 g/mol. The number of benzene rings is 2. The van der Waals surface area contributed by atoms with E-state index in [4.69, 9.17) is 0 Å². The zero-order valence-electron chi connectivity index (χ0n) is 17.5. The van der Waals surface area contributed by atoms with Gasteiger partial charge >= 0.3 is 0 Å². The second kappa shape index (κ2) is 9.58. The number of ketones is 1. The minimum absolute atomic E-state index is 0.00510. The molecule has 0 radical (unpaired) electrons. The van der Waals surface area contributed by atoms with Crippen LogP contribution in [0.25, 0.3) is 11.4 Å². The number of carbonyl (C=O) groups is 2. The molecule has 0 unspecified atom stereocenters. The van der Waals surface area contributed by atoms with Gasteiger partial charge in [-0.15, -0.1) is 10.2 Å². The van der Waals surface area contributed by atoms with E-state index in [1.165, 1.54) is 18.7 Å². The molecule has 30 heavy (non-hydrogen) atoms. The van der Waals surface area contributed by atoms with Gasteiger partial charge in [0.15, 0.2) is 16.8 Å². The van der Waals surface area contributed by atoms with Gasteiger partial charge in [-0.05, 0) is 62.4 Å². The third-order valence-electron chi connectivity index (χ3n) is 4.58. The Balaban J connectivity index is 1.65. The SMILES string of the molecule is CCn1c(SCC(=O)Nc2ccc(C(C)=O)cc2)nnc1-c1ccc(N(C)C)cc1. The smallest absolute Gasteiger partial charge is 0.234 e. The molecule has 0 atom stereocenters. The summed E-state index contributed by atoms with van der Waals surface area (Å²) in [5.74, 6) is 0.852. The normalized spacial score (nSPS) is 10.7. The van der Waals surface area contributed by atoms with Crippen LogP contribution in [0.2, 0.25) is 0 Å². The molecule has 1 aromatic heterocycles. The Hall–Kier alpha value is -3.13. The molecule has 0 fully saturated rings. The van der Waals surface area contributed by atoms with Crippen molar-refractivity contribution in [2.24, 2.45) is 0 Å². The Morgan fingerprint density at radius 1 is 1.03 bits per heavy atom. The number of hydrogen-bond donors (Lipinski definition) is 1. The second-order valence-electron chi connectivity index (χ2n) is 6.96. The minimum Gasteiger partial charge on any atom is -0.378 e. The predicted molar refractivity (Wildman–Crippen MR) is 121 cm³/mol. The third kappa shape index (κ3) is 5.07. The van der Waals surface area contributed by atoms with Gasteiger partial charge in [0.05, 0.1) is 5.75 Å². The van der Waals surface area contributed by atoms with Crippen molar-refractivity contribution < 1.29 is 9.59 Å². The van der Waals surface area contributed by atoms with Gasteiger partial charge in [-0.3, -0.25) is 9.59 Å². The first-order valence-corrected chi connectivity index (χ1v) is 10.6. The quantitative estimate of drug-likeness (QED) is 0.436. The first-order valence-electron chi connectivity index (χ1n) is 9.63. The van der Waals surface area contributed by atoms with Crippen molar-refractivity contribution in [1.82, 2.24) is 14.8 Å². The van der Waals surface area contributed by atoms with E-state index in [9.17, 15) is 9.59 Å². The molecule has 7 nitrogen and oxygen atoms in total. The number of anilines is 2. The summed E-state index contributed by atoms with van der Waals surface area (Å²) in [6.07, 6.45) is 0. The summed E-state index contributed by atoms with van der Waals surface area (Å²) < 4.78 is 2.00. The monoisotopic (exact) mass is 423 g/mol. The summed E-state index contributed by atoms with van der Waals surface area (Å²) in [5.41, 5.74) is 3.37. The third-order valence-corrected chi connectivity index (χ3v) is 5.55. The highest BCUT2D eigenvalue weighted by atomic mass is 32.2. The van der Waals surface area contributed by atoms with Crippen molar-refractivity contribution in [3.05, 3.63) is 54.1 Å². The Morgan fingerprint density at radius 2 is 1.70 bits per heavy atom. The molecule has 1 amide bonds. The highest BCUT2D eigenvalue weighted by Crippen LogP contribution is 2.25. The maximum absolute atomic E-state index is 12.3. The number of hydrogen-bond acceptors (Lipinski definition) is 6. The number of Topliss-reactive ketones (excluding diaryl/α,β-unsaturated/α-hetero) is 1. The molecule has 1 heterocycles. The maximum Gasteiger partial charge on any atom is 0.234 e. The number of rotatable bonds is 8. The number of nitrogens with zero attached hydrogens (tertiary/aromatic N) is 4. The molecule has 0 saturated heterocycles. The van der Waals surface area contributed by atoms with E-state index in [1.807, 2.05) is 54.8 Å². The van der Waals surface area contributed by atoms with Crippen LogP contribution in [0.5, 0.6) is 0 Å². The Morgan fingerprint density at radius 3 is 2.27 bits per heavy atom. The fourth-order valence-electron chi connectivity index (χ4n) is 2.92. The predicted octanol–water partition coefficient (Wildman–Crippen LogP) is 3.96. The minimum atomic E-state index is -0.141. The van der Waals surface area contributed by atoms with E-state index in [-0.39, 0.29) is 17.4 Å². The van der Waals surface area contributed by atoms with Gasteiger partial charge in [-0.1, -0.05) is 11.8 Å². The van der Waals surface area contributed by atoms with Crippen molar-refractivity contribution in [1.29, 1.82) is 0 Å². The molecular weight excluding hydrogens is 398 g/mol. The van der Waals surface area contributed by atoms with E-state index in [2.05, 4.69) is 15.5 Å². The zero-order valence-corrected chi connectivity index (χ0v) is 18.4. The van der Waals surface area contributed by atoms with Crippen molar-refractivity contribution in [3.8, 4) is 11.4 Å². The van der Waals surface area contributed by atoms with Gasteiger partial charge < -0.3 is 14.8 Å². The van der Waals surface area contributed by atoms with Gasteiger partial charge in [0, 0.05) is 43.1 Å². The Labute approximate surface area is 180 Å². The zero-order chi connectivity index (χ0) is 21.7. The lowest BCUT2D eigenvalue weighted by Gasteiger charge is -2.13. The summed E-state index contributed by atoms with van der Waals surface area (Å²) in [5, 5.41) is 12.2. The van der Waals surface area contributed by atoms with Crippen LogP contribution in [0.1, 0.15) is 24.2 Å². The second-order valence-corrected chi connectivity index (χ2v) is 7.90. The first-order chi connectivity index (χ1) is 14.4. The van der Waals surface area contributed by atoms with Crippen molar-refractivity contribution >= 4 is 34.8 Å². The van der Waals surface area contributed by atoms with E-state index >= 15 is 0 Å². The molecule has 0 spiro atoms. The van der Waals surface area contributed by atoms with Gasteiger partial charge in [-0.2, -0.15) is 0 Å². The van der Waals surface area contributed by atoms with Crippen LogP contribution < -0.4 is 10.2 Å². The molecule has 1 N–H and O–H groups in total. The largest absolute Gasteiger partial charge is 0.378 e. The number of amides is 1. The molecule has 2 aromatic carbocycles. The average Bonchev–Trinajstić information content (AvgIpc) is 3.15. The highest BCUT2D eigenvalue weighted by molar-refractivity contribution is 7.99. The Kier molecular flexibility index (Phi) is 6.89. The highest BCUT2D eigenvalue weighted by Gasteiger charge is 2.15. The molecule has 3 aromatic rings. The molecule has 0 aliphatic heterocycles. The molecule has 3 rings (SSSR count). The van der Waals surface area contributed by atoms with Crippen molar-refractivity contribution in [3.63, 3.8) is 0 Å². The summed E-state index contributed by atoms with van der Waals surface area (Å²) in [4.78, 5) is 25.7. The summed E-state index contributed by atoms with van der Waals surface area (Å²) >= 11 is 1.35. The maximum atomic E-state index is 12.3. The van der Waals surface area contributed by atoms with Crippen LogP contribution in [0.15, 0.2) is 53.7 Å². The van der Waals surface area contributed by atoms with E-state index < -0.39 is 0 Å². The lowest BCUT2D eigenvalue weighted by Crippen LogP contribution is -2.14. The first kappa shape index (κ1) is 21.6. The lowest BCUT2D eigenvalue weighted by molar-refractivity contribution is -0.113. The molecular formula is C22H25N5O2S. The van der Waals surface area contributed by atoms with Crippen LogP contribution in [0.4, 0.5) is 11.4 Å². The molecule has 0 saturated carbocycles. The van der Waals surface area contributed by atoms with Crippen LogP contribution >= 0.6 is 11.8 Å². The van der Waals surface area contributed by atoms with E-state index in [0.717, 1.165) is 17.1 Å². The number of thioether (sulfide) groups is 1. The molecule has 0 aliphatic carbocycles. The molecule has 8 heteroatoms. The number of nitrogens with one attached hydrogen (secondary N) is 1. The summed E-state index contributed by atoms with van der Waals surface area (Å²) in [7, 11) is 4.00. The van der Waals surface area contributed by atoms with Gasteiger partial charge in [0.1, 0.15) is 0 Å². The van der Waals surface area contributed by atoms with Crippen LogP contribution in [-0.4, -0.2) is 46.3 Å². The number of carbonyl (C=O) groups excluding carboxylic acids is 2. The van der Waals surface area contributed by atoms with Gasteiger partial charge in [0.2, 0.25) is 5.91 Å². The fourth-order valence-corrected chi connectivity index (χ4v) is 3.72. The van der Waals surface area contributed by atoms with Crippen molar-refractivity contribution in [2.45, 2.75) is 25.5 Å². The van der Waals surface area contributed by atoms with Crippen LogP contribution in [0, 0.1) is 0 Å². The number of aromatic nitrogens is 3. The van der Waals surface area contributed by atoms with E-state index in [0.29, 0.717) is 23.0 Å². The van der Waals surface area contributed by atoms with Crippen LogP contribution in [0.3, 0.4) is 0 Å². The fraction of sp³-hybridized carbons (Fsp3) is 0.273. The molecule has 0 aliphatic rings. The topological polar surface area (TPSA) is 80.1 Å². The van der Waals surface area contributed by atoms with E-state index in [1.54, 1.807) is 24.3 Å². The molecule has 0 bridgehead atoms. The van der Waals surface area contributed by atoms with Crippen LogP contribution in [-0.2, 0) is 11.3 Å².